The van der Waals surface area contributed by atoms with Gasteiger partial charge in [0.15, 0.2) is 0 Å². The molecule has 3 nitrogen and oxygen atoms in total. The summed E-state index contributed by atoms with van der Waals surface area (Å²) in [4.78, 5) is 12.2. The highest BCUT2D eigenvalue weighted by atomic mass is 16.5. The molecule has 2 aromatic carbocycles. The van der Waals surface area contributed by atoms with Crippen molar-refractivity contribution in [1.29, 1.82) is 0 Å². The van der Waals surface area contributed by atoms with Gasteiger partial charge >= 0.3 is 5.63 Å². The molecule has 0 atom stereocenters. The zero-order valence-electron chi connectivity index (χ0n) is 11.1. The van der Waals surface area contributed by atoms with Gasteiger partial charge < -0.3 is 9.15 Å². The predicted octanol–water partition coefficient (Wildman–Crippen LogP) is 3.57. The summed E-state index contributed by atoms with van der Waals surface area (Å²) in [5.41, 5.74) is 2.20. The lowest BCUT2D eigenvalue weighted by Gasteiger charge is -2.12. The summed E-state index contributed by atoms with van der Waals surface area (Å²) in [6.45, 7) is 3.90. The van der Waals surface area contributed by atoms with Crippen molar-refractivity contribution in [3.63, 3.8) is 0 Å². The van der Waals surface area contributed by atoms with E-state index in [4.69, 9.17) is 9.15 Å². The van der Waals surface area contributed by atoms with E-state index in [1.807, 2.05) is 38.1 Å². The Kier molecular flexibility index (Phi) is 2.56. The number of hydrogen-bond acceptors (Lipinski definition) is 3. The highest BCUT2D eigenvalue weighted by Crippen LogP contribution is 2.35. The first-order valence-electron chi connectivity index (χ1n) is 6.13. The van der Waals surface area contributed by atoms with Gasteiger partial charge in [0.1, 0.15) is 11.3 Å². The van der Waals surface area contributed by atoms with E-state index in [1.165, 1.54) is 0 Å². The van der Waals surface area contributed by atoms with Crippen molar-refractivity contribution < 1.29 is 9.15 Å². The van der Waals surface area contributed by atoms with Crippen LogP contribution >= 0.6 is 0 Å². The van der Waals surface area contributed by atoms with E-state index in [9.17, 15) is 4.79 Å². The molecule has 0 spiro atoms. The van der Waals surface area contributed by atoms with E-state index < -0.39 is 0 Å². The third-order valence-electron chi connectivity index (χ3n) is 3.43. The van der Waals surface area contributed by atoms with Gasteiger partial charge in [0.2, 0.25) is 0 Å². The first kappa shape index (κ1) is 11.8. The molecular formula is C16H14O3. The van der Waals surface area contributed by atoms with Crippen LogP contribution in [0.1, 0.15) is 11.1 Å². The molecule has 1 heterocycles. The van der Waals surface area contributed by atoms with E-state index in [1.54, 1.807) is 13.2 Å². The molecule has 0 amide bonds. The molecule has 3 heteroatoms. The maximum Gasteiger partial charge on any atom is 0.344 e. The molecule has 0 N–H and O–H groups in total. The Balaban J connectivity index is 2.72. The molecular weight excluding hydrogens is 240 g/mol. The topological polar surface area (TPSA) is 39.4 Å². The van der Waals surface area contributed by atoms with E-state index in [2.05, 4.69) is 0 Å². The minimum Gasteiger partial charge on any atom is -0.496 e. The number of rotatable bonds is 1. The Morgan fingerprint density at radius 2 is 1.79 bits per heavy atom. The normalized spacial score (nSPS) is 11.1. The van der Waals surface area contributed by atoms with E-state index in [-0.39, 0.29) is 5.63 Å². The van der Waals surface area contributed by atoms with Crippen LogP contribution < -0.4 is 10.4 Å². The number of ether oxygens (including phenoxy) is 1. The summed E-state index contributed by atoms with van der Waals surface area (Å²) in [7, 11) is 1.63. The Bertz CT molecular complexity index is 844. The number of fused-ring (bicyclic) bond motifs is 3. The molecule has 96 valence electrons. The van der Waals surface area contributed by atoms with Gasteiger partial charge in [-0.25, -0.2) is 4.79 Å². The Hall–Kier alpha value is -2.29. The molecule has 0 aliphatic heterocycles. The van der Waals surface area contributed by atoms with E-state index in [0.29, 0.717) is 11.0 Å². The van der Waals surface area contributed by atoms with Crippen molar-refractivity contribution >= 4 is 21.7 Å². The van der Waals surface area contributed by atoms with Crippen LogP contribution in [0.25, 0.3) is 21.7 Å². The highest BCUT2D eigenvalue weighted by molar-refractivity contribution is 6.09. The molecule has 3 aromatic rings. The van der Waals surface area contributed by atoms with Crippen LogP contribution in [0.15, 0.2) is 39.5 Å². The van der Waals surface area contributed by atoms with Crippen molar-refractivity contribution in [2.24, 2.45) is 0 Å². The van der Waals surface area contributed by atoms with Gasteiger partial charge in [-0.1, -0.05) is 24.3 Å². The smallest absolute Gasteiger partial charge is 0.344 e. The standard InChI is InChI=1S/C16H14O3/c1-9-8-10(2)15(18-3)14-11-6-4-5-7-12(11)19-16(17)13(9)14/h4-8H,1-3H3. The van der Waals surface area contributed by atoms with Crippen molar-refractivity contribution in [3.8, 4) is 5.75 Å². The highest BCUT2D eigenvalue weighted by Gasteiger charge is 2.15. The average Bonchev–Trinajstić information content (AvgIpc) is 2.38. The minimum atomic E-state index is -0.315. The van der Waals surface area contributed by atoms with Crippen LogP contribution in [0.2, 0.25) is 0 Å². The molecule has 1 aromatic heterocycles. The summed E-state index contributed by atoms with van der Waals surface area (Å²) in [5.74, 6) is 0.740. The van der Waals surface area contributed by atoms with Crippen molar-refractivity contribution in [3.05, 3.63) is 51.9 Å². The van der Waals surface area contributed by atoms with Crippen LogP contribution in [0.3, 0.4) is 0 Å². The summed E-state index contributed by atoms with van der Waals surface area (Å²) < 4.78 is 10.9. The van der Waals surface area contributed by atoms with Crippen molar-refractivity contribution in [1.82, 2.24) is 0 Å². The van der Waals surface area contributed by atoms with Crippen LogP contribution in [0.4, 0.5) is 0 Å². The van der Waals surface area contributed by atoms with Gasteiger partial charge in [0, 0.05) is 10.8 Å². The zero-order chi connectivity index (χ0) is 13.6. The monoisotopic (exact) mass is 254 g/mol. The summed E-state index contributed by atoms with van der Waals surface area (Å²) in [6, 6.07) is 9.48. The first-order chi connectivity index (χ1) is 9.13. The Morgan fingerprint density at radius 1 is 1.05 bits per heavy atom. The van der Waals surface area contributed by atoms with Gasteiger partial charge in [-0.15, -0.1) is 0 Å². The second kappa shape index (κ2) is 4.12. The van der Waals surface area contributed by atoms with Crippen LogP contribution in [-0.4, -0.2) is 7.11 Å². The molecule has 19 heavy (non-hydrogen) atoms. The van der Waals surface area contributed by atoms with Gasteiger partial charge in [-0.05, 0) is 31.0 Å². The SMILES string of the molecule is COc1c(C)cc(C)c2c(=O)oc3ccccc3c12. The van der Waals surface area contributed by atoms with Gasteiger partial charge in [0.05, 0.1) is 12.5 Å². The van der Waals surface area contributed by atoms with Crippen molar-refractivity contribution in [2.45, 2.75) is 13.8 Å². The fourth-order valence-electron chi connectivity index (χ4n) is 2.67. The lowest BCUT2D eigenvalue weighted by Crippen LogP contribution is -2.04. The Morgan fingerprint density at radius 3 is 2.53 bits per heavy atom. The van der Waals surface area contributed by atoms with Crippen molar-refractivity contribution in [2.75, 3.05) is 7.11 Å². The third kappa shape index (κ3) is 1.62. The van der Waals surface area contributed by atoms with Gasteiger partial charge in [-0.3, -0.25) is 0 Å². The first-order valence-corrected chi connectivity index (χ1v) is 6.13. The summed E-state index contributed by atoms with van der Waals surface area (Å²) in [5, 5.41) is 2.34. The fraction of sp³-hybridized carbons (Fsp3) is 0.188. The molecule has 0 aliphatic rings. The largest absolute Gasteiger partial charge is 0.496 e. The number of benzene rings is 2. The van der Waals surface area contributed by atoms with Crippen LogP contribution in [0.5, 0.6) is 5.75 Å². The number of aryl methyl sites for hydroxylation is 2. The second-order valence-corrected chi connectivity index (χ2v) is 4.68. The lowest BCUT2D eigenvalue weighted by molar-refractivity contribution is 0.416. The maximum atomic E-state index is 12.2. The van der Waals surface area contributed by atoms with E-state index in [0.717, 1.165) is 27.6 Å². The number of hydrogen-bond donors (Lipinski definition) is 0. The molecule has 0 unspecified atom stereocenters. The summed E-state index contributed by atoms with van der Waals surface area (Å²) >= 11 is 0. The van der Waals surface area contributed by atoms with Gasteiger partial charge in [0.25, 0.3) is 0 Å². The predicted molar refractivity (Wildman–Crippen MR) is 76.0 cm³/mol. The molecule has 0 fully saturated rings. The van der Waals surface area contributed by atoms with Crippen LogP contribution in [0, 0.1) is 13.8 Å². The zero-order valence-corrected chi connectivity index (χ0v) is 11.1. The second-order valence-electron chi connectivity index (χ2n) is 4.68. The molecule has 3 rings (SSSR count). The third-order valence-corrected chi connectivity index (χ3v) is 3.43. The molecule has 0 saturated heterocycles. The fourth-order valence-corrected chi connectivity index (χ4v) is 2.67. The molecule has 0 saturated carbocycles. The number of methoxy groups -OCH3 is 1. The minimum absolute atomic E-state index is 0.315. The Labute approximate surface area is 110 Å². The lowest BCUT2D eigenvalue weighted by atomic mass is 9.99. The molecule has 0 aliphatic carbocycles. The summed E-state index contributed by atoms with van der Waals surface area (Å²) in [6.07, 6.45) is 0. The average molecular weight is 254 g/mol. The van der Waals surface area contributed by atoms with Gasteiger partial charge in [-0.2, -0.15) is 0 Å². The quantitative estimate of drug-likeness (QED) is 0.492. The molecule has 0 radical (unpaired) electrons. The molecule has 0 bridgehead atoms. The van der Waals surface area contributed by atoms with E-state index >= 15 is 0 Å². The maximum absolute atomic E-state index is 12.2. The van der Waals surface area contributed by atoms with Crippen LogP contribution in [-0.2, 0) is 0 Å². The number of para-hydroxylation sites is 1.